The number of cyclic esters (lactones) is 1. The van der Waals surface area contributed by atoms with Crippen LogP contribution in [0.5, 0.6) is 0 Å². The van der Waals surface area contributed by atoms with Crippen LogP contribution >= 0.6 is 11.6 Å². The predicted octanol–water partition coefficient (Wildman–Crippen LogP) is 8.82. The van der Waals surface area contributed by atoms with Crippen molar-refractivity contribution in [2.75, 3.05) is 25.1 Å². The Bertz CT molecular complexity index is 1790. The van der Waals surface area contributed by atoms with Crippen LogP contribution in [0.15, 0.2) is 42.6 Å². The molecule has 3 aromatic rings. The molecule has 3 fully saturated rings. The number of alkyl halides is 8. The quantitative estimate of drug-likeness (QED) is 0.177. The number of amides is 1. The molecule has 1 saturated carbocycles. The van der Waals surface area contributed by atoms with Gasteiger partial charge in [-0.25, -0.2) is 23.5 Å². The molecule has 0 N–H and O–H groups in total. The summed E-state index contributed by atoms with van der Waals surface area (Å²) in [5, 5.41) is 0.272. The maximum atomic E-state index is 13.8. The number of aromatic nitrogens is 2. The third kappa shape index (κ3) is 7.56. The van der Waals surface area contributed by atoms with Crippen LogP contribution in [-0.4, -0.2) is 59.1 Å². The fraction of sp³-hybridized carbons (Fsp3) is 0.471. The Balaban J connectivity index is 1.34. The molecule has 3 heterocycles. The number of anilines is 1. The number of hydrogen-bond donors (Lipinski definition) is 0. The second-order valence-electron chi connectivity index (χ2n) is 13.1. The fourth-order valence-electron chi connectivity index (χ4n) is 6.85. The molecule has 8 nitrogen and oxygen atoms in total. The van der Waals surface area contributed by atoms with Gasteiger partial charge in [-0.2, -0.15) is 26.3 Å². The SMILES string of the molecule is COC(=O)[C@H]1CC[C@H](c2ccc(Cl)c(-c3cnc(N4CC(F)(F)C4)nc3CN3C(=O)O[C@H](c4cc(C(F)(F)F)cc(C(F)(F)F)c4)[C@@H]3C)c2)CC1. The summed E-state index contributed by atoms with van der Waals surface area (Å²) in [5.41, 5.74) is -1.83. The topological polar surface area (TPSA) is 84.9 Å². The number of esters is 1. The van der Waals surface area contributed by atoms with Crippen LogP contribution in [0, 0.1) is 5.92 Å². The maximum absolute atomic E-state index is 13.8. The first-order valence-electron chi connectivity index (χ1n) is 16.0. The monoisotopic (exact) mass is 746 g/mol. The number of nitrogens with zero attached hydrogens (tertiary/aromatic N) is 4. The van der Waals surface area contributed by atoms with Crippen molar-refractivity contribution >= 4 is 29.6 Å². The molecule has 2 atom stereocenters. The van der Waals surface area contributed by atoms with Gasteiger partial charge in [0.1, 0.15) is 6.10 Å². The number of rotatable bonds is 7. The molecular weight excluding hydrogens is 716 g/mol. The number of carbonyl (C=O) groups is 2. The molecule has 51 heavy (non-hydrogen) atoms. The average Bonchev–Trinajstić information content (AvgIpc) is 3.34. The van der Waals surface area contributed by atoms with Gasteiger partial charge < -0.3 is 14.4 Å². The third-order valence-electron chi connectivity index (χ3n) is 9.65. The van der Waals surface area contributed by atoms with E-state index in [0.29, 0.717) is 48.9 Å². The lowest BCUT2D eigenvalue weighted by atomic mass is 9.78. The summed E-state index contributed by atoms with van der Waals surface area (Å²) in [4.78, 5) is 36.4. The largest absolute Gasteiger partial charge is 0.469 e. The standard InChI is InChI=1S/C34H31ClF8N4O4/c1-17-28(21-9-22(33(38,39)40)12-23(10-21)34(41,42)43)51-31(49)47(17)14-27-25(13-44-30(45-27)46-15-32(36,37)16-46)24-11-20(7-8-26(24)35)18-3-5-19(6-4-18)29(48)50-2/h7-13,17-19,28H,3-6,14-16H2,1-2H3/t17-,18-,19-,28-/m0/s1. The van der Waals surface area contributed by atoms with Crippen LogP contribution in [0.4, 0.5) is 45.9 Å². The first-order valence-corrected chi connectivity index (χ1v) is 16.4. The van der Waals surface area contributed by atoms with E-state index in [1.807, 2.05) is 12.1 Å². The van der Waals surface area contributed by atoms with Crippen molar-refractivity contribution in [1.29, 1.82) is 0 Å². The van der Waals surface area contributed by atoms with Crippen molar-refractivity contribution in [3.63, 3.8) is 0 Å². The van der Waals surface area contributed by atoms with Crippen molar-refractivity contribution in [2.45, 2.75) is 75.5 Å². The minimum atomic E-state index is -5.12. The van der Waals surface area contributed by atoms with E-state index < -0.39 is 66.3 Å². The molecule has 6 rings (SSSR count). The Kier molecular flexibility index (Phi) is 9.61. The summed E-state index contributed by atoms with van der Waals surface area (Å²) < 4.78 is 119. The zero-order valence-electron chi connectivity index (χ0n) is 27.1. The normalized spacial score (nSPS) is 23.5. The molecular formula is C34H31ClF8N4O4. The zero-order chi connectivity index (χ0) is 37.0. The number of ether oxygens (including phenoxy) is 2. The third-order valence-corrected chi connectivity index (χ3v) is 9.98. The van der Waals surface area contributed by atoms with Crippen LogP contribution in [0.1, 0.15) is 72.6 Å². The van der Waals surface area contributed by atoms with Gasteiger partial charge in [0.2, 0.25) is 5.95 Å². The number of carbonyl (C=O) groups excluding carboxylic acids is 2. The minimum absolute atomic E-state index is 0.0145. The predicted molar refractivity (Wildman–Crippen MR) is 167 cm³/mol. The molecule has 0 radical (unpaired) electrons. The molecule has 1 amide bonds. The lowest BCUT2D eigenvalue weighted by Gasteiger charge is -2.38. The first kappa shape index (κ1) is 36.6. The number of hydrogen-bond acceptors (Lipinski definition) is 7. The molecule has 17 heteroatoms. The summed E-state index contributed by atoms with van der Waals surface area (Å²) >= 11 is 6.67. The number of methoxy groups -OCH3 is 1. The average molecular weight is 747 g/mol. The van der Waals surface area contributed by atoms with E-state index in [1.54, 1.807) is 6.07 Å². The molecule has 0 spiro atoms. The molecule has 1 aliphatic carbocycles. The van der Waals surface area contributed by atoms with Gasteiger partial charge in [-0.05, 0) is 80.0 Å². The second-order valence-corrected chi connectivity index (χ2v) is 13.5. The van der Waals surface area contributed by atoms with E-state index in [-0.39, 0.29) is 47.1 Å². The van der Waals surface area contributed by atoms with Crippen molar-refractivity contribution in [1.82, 2.24) is 14.9 Å². The van der Waals surface area contributed by atoms with E-state index in [9.17, 15) is 44.7 Å². The van der Waals surface area contributed by atoms with Gasteiger partial charge >= 0.3 is 24.4 Å². The van der Waals surface area contributed by atoms with Crippen molar-refractivity contribution in [3.8, 4) is 11.1 Å². The summed E-state index contributed by atoms with van der Waals surface area (Å²) in [6, 6.07) is 5.25. The Morgan fingerprint density at radius 2 is 1.59 bits per heavy atom. The highest BCUT2D eigenvalue weighted by Gasteiger charge is 2.46. The summed E-state index contributed by atoms with van der Waals surface area (Å²) in [6.45, 7) is -0.282. The van der Waals surface area contributed by atoms with Gasteiger partial charge in [0.25, 0.3) is 5.92 Å². The van der Waals surface area contributed by atoms with Gasteiger partial charge in [-0.3, -0.25) is 9.69 Å². The van der Waals surface area contributed by atoms with Crippen LogP contribution in [0.3, 0.4) is 0 Å². The van der Waals surface area contributed by atoms with Gasteiger partial charge in [0, 0.05) is 22.3 Å². The fourth-order valence-corrected chi connectivity index (χ4v) is 7.07. The molecule has 0 bridgehead atoms. The summed E-state index contributed by atoms with van der Waals surface area (Å²) in [7, 11) is 1.34. The summed E-state index contributed by atoms with van der Waals surface area (Å²) in [6.07, 6.45) is -8.80. The molecule has 274 valence electrons. The van der Waals surface area contributed by atoms with Gasteiger partial charge in [0.05, 0.1) is 55.5 Å². The highest BCUT2D eigenvalue weighted by Crippen LogP contribution is 2.43. The van der Waals surface area contributed by atoms with E-state index in [4.69, 9.17) is 21.1 Å². The van der Waals surface area contributed by atoms with Gasteiger partial charge in [-0.15, -0.1) is 0 Å². The molecule has 2 saturated heterocycles. The molecule has 2 aromatic carbocycles. The Morgan fingerprint density at radius 3 is 2.16 bits per heavy atom. The van der Waals surface area contributed by atoms with Gasteiger partial charge in [0.15, 0.2) is 0 Å². The smallest absolute Gasteiger partial charge is 0.416 e. The molecule has 2 aliphatic heterocycles. The van der Waals surface area contributed by atoms with Crippen molar-refractivity contribution in [3.05, 3.63) is 75.6 Å². The minimum Gasteiger partial charge on any atom is -0.469 e. The van der Waals surface area contributed by atoms with Crippen LogP contribution in [-0.2, 0) is 33.2 Å². The van der Waals surface area contributed by atoms with Crippen molar-refractivity contribution < 1.29 is 54.2 Å². The first-order chi connectivity index (χ1) is 23.8. The summed E-state index contributed by atoms with van der Waals surface area (Å²) in [5.74, 6) is -3.44. The highest BCUT2D eigenvalue weighted by atomic mass is 35.5. The zero-order valence-corrected chi connectivity index (χ0v) is 27.9. The lowest BCUT2D eigenvalue weighted by Crippen LogP contribution is -2.57. The maximum Gasteiger partial charge on any atom is 0.416 e. The second kappa shape index (κ2) is 13.4. The number of benzene rings is 2. The van der Waals surface area contributed by atoms with E-state index in [0.717, 1.165) is 10.5 Å². The van der Waals surface area contributed by atoms with Crippen LogP contribution in [0.2, 0.25) is 5.02 Å². The lowest BCUT2D eigenvalue weighted by molar-refractivity contribution is -0.147. The van der Waals surface area contributed by atoms with Crippen molar-refractivity contribution in [2.24, 2.45) is 5.92 Å². The van der Waals surface area contributed by atoms with Gasteiger partial charge in [-0.1, -0.05) is 17.7 Å². The van der Waals surface area contributed by atoms with E-state index in [1.165, 1.54) is 25.1 Å². The Morgan fingerprint density at radius 1 is 0.961 bits per heavy atom. The number of halogens is 9. The van der Waals surface area contributed by atoms with E-state index >= 15 is 0 Å². The Labute approximate surface area is 291 Å². The van der Waals surface area contributed by atoms with E-state index in [2.05, 4.69) is 9.97 Å². The molecule has 0 unspecified atom stereocenters. The van der Waals surface area contributed by atoms with Crippen LogP contribution in [0.25, 0.3) is 11.1 Å². The Hall–Kier alpha value is -4.21. The molecule has 1 aromatic heterocycles. The highest BCUT2D eigenvalue weighted by molar-refractivity contribution is 6.33. The molecule has 3 aliphatic rings. The van der Waals surface area contributed by atoms with Crippen LogP contribution < -0.4 is 4.90 Å².